The van der Waals surface area contributed by atoms with E-state index in [1.807, 2.05) is 61.5 Å². The molecule has 0 saturated heterocycles. The molecule has 0 aliphatic heterocycles. The van der Waals surface area contributed by atoms with E-state index in [1.165, 1.54) is 17.0 Å². The highest BCUT2D eigenvalue weighted by molar-refractivity contribution is 5.88. The Balaban J connectivity index is 1.87. The molecular formula is C26H27FN2O3. The van der Waals surface area contributed by atoms with Crippen LogP contribution in [0.5, 0.6) is 5.75 Å². The summed E-state index contributed by atoms with van der Waals surface area (Å²) in [6.07, 6.45) is 0.345. The fourth-order valence-electron chi connectivity index (χ4n) is 3.39. The standard InChI is InChI=1S/C26H27FN2O3/c1-19-12-14-21(15-13-19)17-29(25(30)18-32-24-11-7-6-10-22(24)27)23(26(31)28-2)16-20-8-4-3-5-9-20/h3-15,23H,16-18H2,1-2H3,(H,28,31)/t23-/m0/s1. The van der Waals surface area contributed by atoms with Crippen LogP contribution >= 0.6 is 0 Å². The average molecular weight is 435 g/mol. The van der Waals surface area contributed by atoms with Gasteiger partial charge in [-0.3, -0.25) is 9.59 Å². The molecule has 166 valence electrons. The van der Waals surface area contributed by atoms with E-state index < -0.39 is 17.8 Å². The van der Waals surface area contributed by atoms with Crippen molar-refractivity contribution < 1.29 is 18.7 Å². The summed E-state index contributed by atoms with van der Waals surface area (Å²) in [5.74, 6) is -1.23. The van der Waals surface area contributed by atoms with Crippen LogP contribution in [0.2, 0.25) is 0 Å². The fourth-order valence-corrected chi connectivity index (χ4v) is 3.39. The minimum atomic E-state index is -0.750. The minimum Gasteiger partial charge on any atom is -0.481 e. The van der Waals surface area contributed by atoms with Crippen molar-refractivity contribution in [2.24, 2.45) is 0 Å². The third kappa shape index (κ3) is 6.17. The van der Waals surface area contributed by atoms with Crippen molar-refractivity contribution in [1.29, 1.82) is 0 Å². The van der Waals surface area contributed by atoms with Crippen molar-refractivity contribution >= 4 is 11.8 Å². The molecule has 32 heavy (non-hydrogen) atoms. The van der Waals surface area contributed by atoms with Gasteiger partial charge in [0.05, 0.1) is 0 Å². The number of rotatable bonds is 9. The van der Waals surface area contributed by atoms with Gasteiger partial charge in [-0.1, -0.05) is 72.3 Å². The Morgan fingerprint density at radius 1 is 0.938 bits per heavy atom. The Hall–Kier alpha value is -3.67. The van der Waals surface area contributed by atoms with E-state index >= 15 is 0 Å². The molecule has 3 aromatic carbocycles. The highest BCUT2D eigenvalue weighted by Gasteiger charge is 2.30. The van der Waals surface area contributed by atoms with Gasteiger partial charge in [0.25, 0.3) is 5.91 Å². The quantitative estimate of drug-likeness (QED) is 0.556. The molecule has 5 nitrogen and oxygen atoms in total. The van der Waals surface area contributed by atoms with Crippen molar-refractivity contribution in [2.75, 3.05) is 13.7 Å². The fraction of sp³-hybridized carbons (Fsp3) is 0.231. The molecule has 0 saturated carbocycles. The molecular weight excluding hydrogens is 407 g/mol. The number of carbonyl (C=O) groups excluding carboxylic acids is 2. The van der Waals surface area contributed by atoms with Gasteiger partial charge in [0.1, 0.15) is 6.04 Å². The van der Waals surface area contributed by atoms with E-state index in [0.29, 0.717) is 6.42 Å². The highest BCUT2D eigenvalue weighted by atomic mass is 19.1. The number of likely N-dealkylation sites (N-methyl/N-ethyl adjacent to an activating group) is 1. The number of benzene rings is 3. The van der Waals surface area contributed by atoms with E-state index in [4.69, 9.17) is 4.74 Å². The van der Waals surface area contributed by atoms with Crippen LogP contribution in [-0.2, 0) is 22.6 Å². The van der Waals surface area contributed by atoms with Gasteiger partial charge in [-0.15, -0.1) is 0 Å². The van der Waals surface area contributed by atoms with E-state index in [9.17, 15) is 14.0 Å². The van der Waals surface area contributed by atoms with Crippen LogP contribution in [0.3, 0.4) is 0 Å². The maximum atomic E-state index is 13.9. The Bertz CT molecular complexity index is 1040. The molecule has 0 fully saturated rings. The smallest absolute Gasteiger partial charge is 0.261 e. The van der Waals surface area contributed by atoms with Crippen molar-refractivity contribution in [3.05, 3.63) is 101 Å². The van der Waals surface area contributed by atoms with Crippen molar-refractivity contribution in [2.45, 2.75) is 25.9 Å². The van der Waals surface area contributed by atoms with Crippen molar-refractivity contribution in [3.8, 4) is 5.75 Å². The van der Waals surface area contributed by atoms with E-state index in [-0.39, 0.29) is 24.8 Å². The number of hydrogen-bond acceptors (Lipinski definition) is 3. The Kier molecular flexibility index (Phi) is 7.97. The van der Waals surface area contributed by atoms with Crippen LogP contribution in [-0.4, -0.2) is 36.4 Å². The van der Waals surface area contributed by atoms with Gasteiger partial charge in [0, 0.05) is 20.0 Å². The SMILES string of the molecule is CNC(=O)[C@H](Cc1ccccc1)N(Cc1ccc(C)cc1)C(=O)COc1ccccc1F. The van der Waals surface area contributed by atoms with Gasteiger partial charge in [-0.05, 0) is 30.2 Å². The lowest BCUT2D eigenvalue weighted by molar-refractivity contribution is -0.142. The summed E-state index contributed by atoms with van der Waals surface area (Å²) < 4.78 is 19.4. The predicted molar refractivity (Wildman–Crippen MR) is 122 cm³/mol. The molecule has 3 aromatic rings. The van der Waals surface area contributed by atoms with Crippen LogP contribution in [0.25, 0.3) is 0 Å². The molecule has 0 bridgehead atoms. The maximum Gasteiger partial charge on any atom is 0.261 e. The molecule has 0 unspecified atom stereocenters. The largest absolute Gasteiger partial charge is 0.481 e. The molecule has 0 heterocycles. The first kappa shape index (κ1) is 23.0. The second-order valence-electron chi connectivity index (χ2n) is 7.55. The second kappa shape index (κ2) is 11.1. The number of amides is 2. The Morgan fingerprint density at radius 3 is 2.25 bits per heavy atom. The zero-order valence-corrected chi connectivity index (χ0v) is 18.3. The lowest BCUT2D eigenvalue weighted by atomic mass is 10.0. The number of aryl methyl sites for hydroxylation is 1. The minimum absolute atomic E-state index is 0.00399. The highest BCUT2D eigenvalue weighted by Crippen LogP contribution is 2.18. The van der Waals surface area contributed by atoms with Crippen molar-refractivity contribution in [3.63, 3.8) is 0 Å². The lowest BCUT2D eigenvalue weighted by Crippen LogP contribution is -2.51. The van der Waals surface area contributed by atoms with E-state index in [1.54, 1.807) is 19.2 Å². The van der Waals surface area contributed by atoms with Crippen LogP contribution in [0, 0.1) is 12.7 Å². The van der Waals surface area contributed by atoms with E-state index in [2.05, 4.69) is 5.32 Å². The summed E-state index contributed by atoms with van der Waals surface area (Å²) in [5, 5.41) is 2.66. The number of ether oxygens (including phenoxy) is 1. The average Bonchev–Trinajstić information content (AvgIpc) is 2.82. The van der Waals surface area contributed by atoms with Crippen LogP contribution < -0.4 is 10.1 Å². The summed E-state index contributed by atoms with van der Waals surface area (Å²) >= 11 is 0. The number of hydrogen-bond donors (Lipinski definition) is 1. The lowest BCUT2D eigenvalue weighted by Gasteiger charge is -2.31. The zero-order chi connectivity index (χ0) is 22.9. The third-order valence-electron chi connectivity index (χ3n) is 5.18. The molecule has 0 aromatic heterocycles. The summed E-state index contributed by atoms with van der Waals surface area (Å²) in [6, 6.07) is 22.5. The summed E-state index contributed by atoms with van der Waals surface area (Å²) in [5.41, 5.74) is 2.91. The molecule has 1 N–H and O–H groups in total. The summed E-state index contributed by atoms with van der Waals surface area (Å²) in [7, 11) is 1.55. The van der Waals surface area contributed by atoms with Gasteiger partial charge in [-0.25, -0.2) is 4.39 Å². The second-order valence-corrected chi connectivity index (χ2v) is 7.55. The molecule has 1 atom stereocenters. The van der Waals surface area contributed by atoms with Gasteiger partial charge >= 0.3 is 0 Å². The molecule has 2 amide bonds. The number of carbonyl (C=O) groups is 2. The third-order valence-corrected chi connectivity index (χ3v) is 5.18. The van der Waals surface area contributed by atoms with Crippen LogP contribution in [0.15, 0.2) is 78.9 Å². The predicted octanol–water partition coefficient (Wildman–Crippen LogP) is 3.90. The number of nitrogens with one attached hydrogen (secondary N) is 1. The molecule has 0 aliphatic rings. The van der Waals surface area contributed by atoms with Gasteiger partial charge in [-0.2, -0.15) is 0 Å². The van der Waals surface area contributed by atoms with Gasteiger partial charge in [0.15, 0.2) is 18.2 Å². The Labute approximate surface area is 187 Å². The van der Waals surface area contributed by atoms with Crippen molar-refractivity contribution in [1.82, 2.24) is 10.2 Å². The number of para-hydroxylation sites is 1. The summed E-state index contributed by atoms with van der Waals surface area (Å²) in [6.45, 7) is 1.83. The molecule has 0 aliphatic carbocycles. The molecule has 3 rings (SSSR count). The van der Waals surface area contributed by atoms with Gasteiger partial charge < -0.3 is 15.0 Å². The molecule has 6 heteroatoms. The first-order valence-electron chi connectivity index (χ1n) is 10.5. The maximum absolute atomic E-state index is 13.9. The number of nitrogens with zero attached hydrogens (tertiary/aromatic N) is 1. The zero-order valence-electron chi connectivity index (χ0n) is 18.3. The molecule has 0 spiro atoms. The monoisotopic (exact) mass is 434 g/mol. The number of halogens is 1. The first-order valence-corrected chi connectivity index (χ1v) is 10.5. The van der Waals surface area contributed by atoms with E-state index in [0.717, 1.165) is 16.7 Å². The molecule has 0 radical (unpaired) electrons. The Morgan fingerprint density at radius 2 is 1.59 bits per heavy atom. The first-order chi connectivity index (χ1) is 15.5. The topological polar surface area (TPSA) is 58.6 Å². The van der Waals surface area contributed by atoms with Gasteiger partial charge in [0.2, 0.25) is 5.91 Å². The van der Waals surface area contributed by atoms with Crippen LogP contribution in [0.4, 0.5) is 4.39 Å². The summed E-state index contributed by atoms with van der Waals surface area (Å²) in [4.78, 5) is 27.6. The van der Waals surface area contributed by atoms with Crippen LogP contribution in [0.1, 0.15) is 16.7 Å². The normalized spacial score (nSPS) is 11.5.